The average Bonchev–Trinajstić information content (AvgIpc) is 2.66. The SMILES string of the molecule is CN(C)S(=O)(=O)c1cccc(NC(=O)CSc2ccc3ccccc3n2)c1. The molecule has 0 aliphatic heterocycles. The fourth-order valence-electron chi connectivity index (χ4n) is 2.41. The van der Waals surface area contributed by atoms with Crippen molar-refractivity contribution in [3.63, 3.8) is 0 Å². The molecule has 3 rings (SSSR count). The molecule has 1 N–H and O–H groups in total. The molecular weight excluding hydrogens is 382 g/mol. The minimum Gasteiger partial charge on any atom is -0.325 e. The first kappa shape index (κ1) is 19.3. The number of hydrogen-bond donors (Lipinski definition) is 1. The lowest BCUT2D eigenvalue weighted by Crippen LogP contribution is -2.22. The van der Waals surface area contributed by atoms with E-state index in [1.165, 1.54) is 38.0 Å². The van der Waals surface area contributed by atoms with Crippen LogP contribution in [-0.4, -0.2) is 43.5 Å². The number of sulfonamides is 1. The van der Waals surface area contributed by atoms with Crippen LogP contribution in [0.1, 0.15) is 0 Å². The molecule has 0 atom stereocenters. The van der Waals surface area contributed by atoms with E-state index in [4.69, 9.17) is 0 Å². The summed E-state index contributed by atoms with van der Waals surface area (Å²) in [6.45, 7) is 0. The van der Waals surface area contributed by atoms with Gasteiger partial charge in [-0.25, -0.2) is 17.7 Å². The Morgan fingerprint density at radius 3 is 2.63 bits per heavy atom. The molecule has 0 spiro atoms. The molecule has 2 aromatic carbocycles. The summed E-state index contributed by atoms with van der Waals surface area (Å²) in [6, 6.07) is 17.8. The highest BCUT2D eigenvalue weighted by Crippen LogP contribution is 2.21. The minimum absolute atomic E-state index is 0.133. The summed E-state index contributed by atoms with van der Waals surface area (Å²) in [7, 11) is -0.612. The molecule has 140 valence electrons. The van der Waals surface area contributed by atoms with Gasteiger partial charge in [-0.3, -0.25) is 4.79 Å². The van der Waals surface area contributed by atoms with Crippen molar-refractivity contribution in [3.05, 3.63) is 60.7 Å². The monoisotopic (exact) mass is 401 g/mol. The zero-order chi connectivity index (χ0) is 19.4. The predicted octanol–water partition coefficient (Wildman–Crippen LogP) is 3.22. The second-order valence-electron chi connectivity index (χ2n) is 5.99. The van der Waals surface area contributed by atoms with Crippen molar-refractivity contribution in [1.82, 2.24) is 9.29 Å². The summed E-state index contributed by atoms with van der Waals surface area (Å²) >= 11 is 1.33. The first-order chi connectivity index (χ1) is 12.9. The summed E-state index contributed by atoms with van der Waals surface area (Å²) in [5.41, 5.74) is 1.32. The van der Waals surface area contributed by atoms with Gasteiger partial charge < -0.3 is 5.32 Å². The molecule has 1 aromatic heterocycles. The number of fused-ring (bicyclic) bond motifs is 1. The summed E-state index contributed by atoms with van der Waals surface area (Å²) < 4.78 is 25.5. The number of hydrogen-bond acceptors (Lipinski definition) is 5. The van der Waals surface area contributed by atoms with E-state index < -0.39 is 10.0 Å². The largest absolute Gasteiger partial charge is 0.325 e. The van der Waals surface area contributed by atoms with Gasteiger partial charge in [0.25, 0.3) is 0 Å². The Labute approximate surface area is 162 Å². The molecule has 6 nitrogen and oxygen atoms in total. The maximum absolute atomic E-state index is 12.2. The highest BCUT2D eigenvalue weighted by atomic mass is 32.2. The lowest BCUT2D eigenvalue weighted by molar-refractivity contribution is -0.113. The number of amides is 1. The first-order valence-electron chi connectivity index (χ1n) is 8.17. The van der Waals surface area contributed by atoms with Crippen LogP contribution in [0.25, 0.3) is 10.9 Å². The molecule has 0 radical (unpaired) electrons. The number of benzene rings is 2. The molecule has 0 unspecified atom stereocenters. The number of para-hydroxylation sites is 1. The van der Waals surface area contributed by atoms with E-state index in [1.54, 1.807) is 12.1 Å². The molecule has 27 heavy (non-hydrogen) atoms. The molecule has 0 fully saturated rings. The molecule has 8 heteroatoms. The third-order valence-corrected chi connectivity index (χ3v) is 6.56. The Hall–Kier alpha value is -2.42. The summed E-state index contributed by atoms with van der Waals surface area (Å²) in [5.74, 6) is -0.0509. The number of rotatable bonds is 6. The van der Waals surface area contributed by atoms with Crippen LogP contribution in [0, 0.1) is 0 Å². The van der Waals surface area contributed by atoms with Gasteiger partial charge in [0.2, 0.25) is 15.9 Å². The number of thioether (sulfide) groups is 1. The van der Waals surface area contributed by atoms with Gasteiger partial charge >= 0.3 is 0 Å². The fourth-order valence-corrected chi connectivity index (χ4v) is 4.04. The van der Waals surface area contributed by atoms with E-state index in [0.717, 1.165) is 20.2 Å². The lowest BCUT2D eigenvalue weighted by Gasteiger charge is -2.12. The van der Waals surface area contributed by atoms with Gasteiger partial charge in [-0.05, 0) is 30.3 Å². The molecule has 0 aliphatic rings. The summed E-state index contributed by atoms with van der Waals surface area (Å²) in [5, 5.41) is 4.53. The van der Waals surface area contributed by atoms with Crippen LogP contribution in [0.5, 0.6) is 0 Å². The molecule has 3 aromatic rings. The number of carbonyl (C=O) groups excluding carboxylic acids is 1. The number of nitrogens with one attached hydrogen (secondary N) is 1. The predicted molar refractivity (Wildman–Crippen MR) is 108 cm³/mol. The number of carbonyl (C=O) groups is 1. The molecule has 1 amide bonds. The van der Waals surface area contributed by atoms with Crippen LogP contribution >= 0.6 is 11.8 Å². The van der Waals surface area contributed by atoms with Gasteiger partial charge in [0.15, 0.2) is 0 Å². The van der Waals surface area contributed by atoms with Crippen molar-refractivity contribution in [2.24, 2.45) is 0 Å². The van der Waals surface area contributed by atoms with E-state index in [1.807, 2.05) is 36.4 Å². The van der Waals surface area contributed by atoms with Gasteiger partial charge in [0.1, 0.15) is 0 Å². The third kappa shape index (κ3) is 4.65. The Morgan fingerprint density at radius 2 is 1.85 bits per heavy atom. The van der Waals surface area contributed by atoms with Gasteiger partial charge in [-0.15, -0.1) is 0 Å². The average molecular weight is 402 g/mol. The third-order valence-electron chi connectivity index (χ3n) is 3.82. The number of aromatic nitrogens is 1. The Bertz CT molecular complexity index is 1080. The van der Waals surface area contributed by atoms with E-state index >= 15 is 0 Å². The molecule has 0 saturated heterocycles. The first-order valence-corrected chi connectivity index (χ1v) is 10.6. The van der Waals surface area contributed by atoms with Crippen LogP contribution in [0.15, 0.2) is 70.6 Å². The summed E-state index contributed by atoms with van der Waals surface area (Å²) in [4.78, 5) is 16.9. The zero-order valence-electron chi connectivity index (χ0n) is 14.9. The van der Waals surface area contributed by atoms with Crippen molar-refractivity contribution >= 4 is 44.3 Å². The fraction of sp³-hybridized carbons (Fsp3) is 0.158. The molecule has 0 bridgehead atoms. The van der Waals surface area contributed by atoms with Crippen molar-refractivity contribution in [3.8, 4) is 0 Å². The van der Waals surface area contributed by atoms with Crippen LogP contribution in [-0.2, 0) is 14.8 Å². The van der Waals surface area contributed by atoms with Crippen molar-refractivity contribution in [1.29, 1.82) is 0 Å². The molecular formula is C19H19N3O3S2. The Balaban J connectivity index is 1.65. The van der Waals surface area contributed by atoms with Gasteiger partial charge in [0.05, 0.1) is 21.2 Å². The highest BCUT2D eigenvalue weighted by molar-refractivity contribution is 7.99. The maximum atomic E-state index is 12.2. The zero-order valence-corrected chi connectivity index (χ0v) is 16.5. The van der Waals surface area contributed by atoms with Gasteiger partial charge in [-0.2, -0.15) is 0 Å². The van der Waals surface area contributed by atoms with Gasteiger partial charge in [-0.1, -0.05) is 42.1 Å². The van der Waals surface area contributed by atoms with Gasteiger partial charge in [0, 0.05) is 25.2 Å². The smallest absolute Gasteiger partial charge is 0.242 e. The Morgan fingerprint density at radius 1 is 1.07 bits per heavy atom. The second kappa shape index (κ2) is 8.08. The lowest BCUT2D eigenvalue weighted by atomic mass is 10.2. The normalized spacial score (nSPS) is 11.7. The van der Waals surface area contributed by atoms with Crippen LogP contribution in [0.3, 0.4) is 0 Å². The number of pyridine rings is 1. The quantitative estimate of drug-likeness (QED) is 0.642. The van der Waals surface area contributed by atoms with E-state index in [9.17, 15) is 13.2 Å². The molecule has 1 heterocycles. The van der Waals surface area contributed by atoms with Crippen molar-refractivity contribution in [2.45, 2.75) is 9.92 Å². The topological polar surface area (TPSA) is 79.4 Å². The maximum Gasteiger partial charge on any atom is 0.242 e. The van der Waals surface area contributed by atoms with E-state index in [0.29, 0.717) is 5.69 Å². The molecule has 0 aliphatic carbocycles. The van der Waals surface area contributed by atoms with Crippen LogP contribution < -0.4 is 5.32 Å². The highest BCUT2D eigenvalue weighted by Gasteiger charge is 2.17. The second-order valence-corrected chi connectivity index (χ2v) is 9.14. The molecule has 0 saturated carbocycles. The van der Waals surface area contributed by atoms with Crippen LogP contribution in [0.2, 0.25) is 0 Å². The van der Waals surface area contributed by atoms with Crippen LogP contribution in [0.4, 0.5) is 5.69 Å². The van der Waals surface area contributed by atoms with E-state index in [2.05, 4.69) is 10.3 Å². The number of anilines is 1. The van der Waals surface area contributed by atoms with Crippen molar-refractivity contribution in [2.75, 3.05) is 25.2 Å². The minimum atomic E-state index is -3.54. The van der Waals surface area contributed by atoms with Crippen molar-refractivity contribution < 1.29 is 13.2 Å². The van der Waals surface area contributed by atoms with E-state index in [-0.39, 0.29) is 16.6 Å². The standard InChI is InChI=1S/C19H19N3O3S2/c1-22(2)27(24,25)16-8-5-7-15(12-16)20-18(23)13-26-19-11-10-14-6-3-4-9-17(14)21-19/h3-12H,13H2,1-2H3,(H,20,23). The number of nitrogens with zero attached hydrogens (tertiary/aromatic N) is 2. The Kier molecular flexibility index (Phi) is 5.79. The summed E-state index contributed by atoms with van der Waals surface area (Å²) in [6.07, 6.45) is 0.